The quantitative estimate of drug-likeness (QED) is 0.909. The van der Waals surface area contributed by atoms with Crippen LogP contribution in [-0.2, 0) is 0 Å². The molecule has 0 bridgehead atoms. The molecule has 0 aliphatic carbocycles. The monoisotopic (exact) mass is 273 g/mol. The minimum atomic E-state index is 0.541. The van der Waals surface area contributed by atoms with Gasteiger partial charge in [0, 0.05) is 44.8 Å². The maximum atomic E-state index is 3.48. The molecule has 3 rings (SSSR count). The Balaban J connectivity index is 1.57. The number of hydrogen-bond acceptors (Lipinski definition) is 3. The molecule has 2 aliphatic heterocycles. The number of piperazine rings is 1. The van der Waals surface area contributed by atoms with Crippen molar-refractivity contribution < 1.29 is 0 Å². The van der Waals surface area contributed by atoms with Gasteiger partial charge in [0.1, 0.15) is 0 Å². The Kier molecular flexibility index (Phi) is 4.39. The first-order valence-electron chi connectivity index (χ1n) is 7.99. The molecule has 0 radical (unpaired) electrons. The highest BCUT2D eigenvalue weighted by Crippen LogP contribution is 2.23. The van der Waals surface area contributed by atoms with Gasteiger partial charge in [0.05, 0.1) is 0 Å². The van der Waals surface area contributed by atoms with Crippen molar-refractivity contribution in [2.45, 2.75) is 32.4 Å². The summed E-state index contributed by atoms with van der Waals surface area (Å²) in [6, 6.07) is 10.3. The highest BCUT2D eigenvalue weighted by molar-refractivity contribution is 5.24. The Morgan fingerprint density at radius 1 is 1.20 bits per heavy atom. The summed E-state index contributed by atoms with van der Waals surface area (Å²) in [5.41, 5.74) is 2.82. The molecule has 2 saturated heterocycles. The van der Waals surface area contributed by atoms with Gasteiger partial charge in [-0.05, 0) is 32.4 Å². The molecule has 1 aromatic rings. The highest BCUT2D eigenvalue weighted by atomic mass is 15.3. The zero-order valence-electron chi connectivity index (χ0n) is 12.8. The van der Waals surface area contributed by atoms with Crippen molar-refractivity contribution in [1.29, 1.82) is 0 Å². The van der Waals surface area contributed by atoms with Crippen molar-refractivity contribution in [3.8, 4) is 0 Å². The van der Waals surface area contributed by atoms with E-state index in [1.807, 2.05) is 0 Å². The maximum absolute atomic E-state index is 3.48. The first-order chi connectivity index (χ1) is 9.74. The summed E-state index contributed by atoms with van der Waals surface area (Å²) >= 11 is 0. The van der Waals surface area contributed by atoms with Crippen LogP contribution in [0.1, 0.15) is 30.5 Å². The molecule has 3 nitrogen and oxygen atoms in total. The van der Waals surface area contributed by atoms with Gasteiger partial charge in [-0.15, -0.1) is 0 Å². The number of aryl methyl sites for hydroxylation is 1. The normalized spacial score (nSPS) is 26.8. The van der Waals surface area contributed by atoms with Gasteiger partial charge < -0.3 is 5.32 Å². The molecule has 0 amide bonds. The van der Waals surface area contributed by atoms with Crippen molar-refractivity contribution in [2.75, 3.05) is 39.3 Å². The van der Waals surface area contributed by atoms with E-state index in [0.717, 1.165) is 6.04 Å². The fraction of sp³-hybridized carbons (Fsp3) is 0.647. The summed E-state index contributed by atoms with van der Waals surface area (Å²) in [5.74, 6) is 0. The van der Waals surface area contributed by atoms with Crippen LogP contribution in [-0.4, -0.2) is 55.1 Å². The van der Waals surface area contributed by atoms with Crippen molar-refractivity contribution in [3.05, 3.63) is 35.4 Å². The summed E-state index contributed by atoms with van der Waals surface area (Å²) < 4.78 is 0. The van der Waals surface area contributed by atoms with Crippen molar-refractivity contribution in [1.82, 2.24) is 15.1 Å². The average molecular weight is 273 g/mol. The van der Waals surface area contributed by atoms with Crippen LogP contribution in [0.4, 0.5) is 0 Å². The van der Waals surface area contributed by atoms with Gasteiger partial charge in [-0.1, -0.05) is 29.8 Å². The molecule has 3 heteroatoms. The SMILES string of the molecule is Cc1cccc(C(C)N2CCN(C3CCNC3)CC2)c1. The fourth-order valence-corrected chi connectivity index (χ4v) is 3.58. The zero-order valence-corrected chi connectivity index (χ0v) is 12.8. The third kappa shape index (κ3) is 3.05. The van der Waals surface area contributed by atoms with Crippen LogP contribution in [0, 0.1) is 6.92 Å². The second-order valence-corrected chi connectivity index (χ2v) is 6.31. The van der Waals surface area contributed by atoms with E-state index >= 15 is 0 Å². The first-order valence-corrected chi connectivity index (χ1v) is 7.99. The lowest BCUT2D eigenvalue weighted by atomic mass is 10.0. The van der Waals surface area contributed by atoms with Crippen molar-refractivity contribution in [2.24, 2.45) is 0 Å². The molecule has 110 valence electrons. The van der Waals surface area contributed by atoms with Gasteiger partial charge in [-0.2, -0.15) is 0 Å². The molecule has 0 aromatic heterocycles. The Hall–Kier alpha value is -0.900. The molecule has 2 aliphatic rings. The van der Waals surface area contributed by atoms with Gasteiger partial charge in [-0.3, -0.25) is 9.80 Å². The average Bonchev–Trinajstić information content (AvgIpc) is 3.01. The first kappa shape index (κ1) is 14.1. The Morgan fingerprint density at radius 3 is 2.65 bits per heavy atom. The van der Waals surface area contributed by atoms with Crippen LogP contribution in [0.2, 0.25) is 0 Å². The van der Waals surface area contributed by atoms with Gasteiger partial charge >= 0.3 is 0 Å². The minimum absolute atomic E-state index is 0.541. The van der Waals surface area contributed by atoms with Gasteiger partial charge in [0.15, 0.2) is 0 Å². The van der Waals surface area contributed by atoms with Crippen LogP contribution in [0.3, 0.4) is 0 Å². The van der Waals surface area contributed by atoms with Crippen LogP contribution >= 0.6 is 0 Å². The molecule has 2 unspecified atom stereocenters. The van der Waals surface area contributed by atoms with E-state index in [2.05, 4.69) is 53.2 Å². The summed E-state index contributed by atoms with van der Waals surface area (Å²) in [4.78, 5) is 5.31. The summed E-state index contributed by atoms with van der Waals surface area (Å²) in [5, 5.41) is 3.48. The molecule has 2 heterocycles. The van der Waals surface area contributed by atoms with E-state index in [4.69, 9.17) is 0 Å². The molecular formula is C17H27N3. The summed E-state index contributed by atoms with van der Waals surface area (Å²) in [6.07, 6.45) is 1.33. The van der Waals surface area contributed by atoms with Crippen LogP contribution in [0.5, 0.6) is 0 Å². The number of benzene rings is 1. The Bertz CT molecular complexity index is 432. The summed E-state index contributed by atoms with van der Waals surface area (Å²) in [7, 11) is 0. The highest BCUT2D eigenvalue weighted by Gasteiger charge is 2.27. The smallest absolute Gasteiger partial charge is 0.0321 e. The van der Waals surface area contributed by atoms with Crippen molar-refractivity contribution in [3.63, 3.8) is 0 Å². The summed E-state index contributed by atoms with van der Waals surface area (Å²) in [6.45, 7) is 11.8. The van der Waals surface area contributed by atoms with Gasteiger partial charge in [-0.25, -0.2) is 0 Å². The Morgan fingerprint density at radius 2 is 2.00 bits per heavy atom. The lowest BCUT2D eigenvalue weighted by Crippen LogP contribution is -2.51. The molecule has 0 spiro atoms. The van der Waals surface area contributed by atoms with E-state index in [1.165, 1.54) is 56.8 Å². The molecule has 2 fully saturated rings. The van der Waals surface area contributed by atoms with E-state index in [9.17, 15) is 0 Å². The standard InChI is InChI=1S/C17H27N3/c1-14-4-3-5-16(12-14)15(2)19-8-10-20(11-9-19)17-6-7-18-13-17/h3-5,12,15,17-18H,6-11,13H2,1-2H3. The topological polar surface area (TPSA) is 18.5 Å². The lowest BCUT2D eigenvalue weighted by Gasteiger charge is -2.40. The zero-order chi connectivity index (χ0) is 13.9. The molecule has 0 saturated carbocycles. The van der Waals surface area contributed by atoms with E-state index in [1.54, 1.807) is 0 Å². The van der Waals surface area contributed by atoms with Crippen LogP contribution in [0.15, 0.2) is 24.3 Å². The molecule has 1 N–H and O–H groups in total. The molecule has 1 aromatic carbocycles. The van der Waals surface area contributed by atoms with E-state index in [0.29, 0.717) is 6.04 Å². The number of rotatable bonds is 3. The second kappa shape index (κ2) is 6.25. The fourth-order valence-electron chi connectivity index (χ4n) is 3.58. The van der Waals surface area contributed by atoms with Crippen molar-refractivity contribution >= 4 is 0 Å². The molecule has 20 heavy (non-hydrogen) atoms. The second-order valence-electron chi connectivity index (χ2n) is 6.31. The van der Waals surface area contributed by atoms with Gasteiger partial charge in [0.25, 0.3) is 0 Å². The molecular weight excluding hydrogens is 246 g/mol. The predicted octanol–water partition coefficient (Wildman–Crippen LogP) is 2.04. The largest absolute Gasteiger partial charge is 0.315 e. The molecule has 2 atom stereocenters. The van der Waals surface area contributed by atoms with Crippen LogP contribution < -0.4 is 5.32 Å². The van der Waals surface area contributed by atoms with Crippen LogP contribution in [0.25, 0.3) is 0 Å². The third-order valence-electron chi connectivity index (χ3n) is 4.97. The Labute approximate surface area is 123 Å². The third-order valence-corrected chi connectivity index (χ3v) is 4.97. The number of nitrogens with zero attached hydrogens (tertiary/aromatic N) is 2. The van der Waals surface area contributed by atoms with Gasteiger partial charge in [0.2, 0.25) is 0 Å². The lowest BCUT2D eigenvalue weighted by molar-refractivity contribution is 0.0787. The number of hydrogen-bond donors (Lipinski definition) is 1. The minimum Gasteiger partial charge on any atom is -0.315 e. The van der Waals surface area contributed by atoms with E-state index < -0.39 is 0 Å². The number of nitrogens with one attached hydrogen (secondary N) is 1. The maximum Gasteiger partial charge on any atom is 0.0321 e. The van der Waals surface area contributed by atoms with E-state index in [-0.39, 0.29) is 0 Å². The predicted molar refractivity (Wildman–Crippen MR) is 84.0 cm³/mol.